The Morgan fingerprint density at radius 2 is 1.86 bits per heavy atom. The van der Waals surface area contributed by atoms with Crippen molar-refractivity contribution in [3.63, 3.8) is 0 Å². The molecular formula is C25H25Cl2N5O4S. The van der Waals surface area contributed by atoms with Crippen LogP contribution in [0.15, 0.2) is 60.3 Å². The zero-order chi connectivity index (χ0) is 26.8. The summed E-state index contributed by atoms with van der Waals surface area (Å²) in [6.45, 7) is 4.32. The monoisotopic (exact) mass is 561 g/mol. The first-order valence-electron chi connectivity index (χ1n) is 10.9. The predicted octanol–water partition coefficient (Wildman–Crippen LogP) is 4.85. The molecule has 0 radical (unpaired) electrons. The number of anilines is 1. The maximum atomic E-state index is 12.4. The molecule has 2 amide bonds. The SMILES string of the molecule is C=CCn1c(CNC(=O)/C=C/c2ccc(OC)c(OC)c2)nnc1SCC(=O)Nc1ccc(Cl)c(Cl)c1. The van der Waals surface area contributed by atoms with Crippen molar-refractivity contribution in [3.8, 4) is 11.5 Å². The molecule has 37 heavy (non-hydrogen) atoms. The summed E-state index contributed by atoms with van der Waals surface area (Å²) in [6, 6.07) is 10.2. The van der Waals surface area contributed by atoms with Gasteiger partial charge in [0.05, 0.1) is 36.6 Å². The fourth-order valence-corrected chi connectivity index (χ4v) is 4.19. The van der Waals surface area contributed by atoms with E-state index in [9.17, 15) is 9.59 Å². The van der Waals surface area contributed by atoms with E-state index in [1.54, 1.807) is 61.3 Å². The molecule has 9 nitrogen and oxygen atoms in total. The number of carbonyl (C=O) groups is 2. The van der Waals surface area contributed by atoms with Crippen molar-refractivity contribution in [2.24, 2.45) is 0 Å². The summed E-state index contributed by atoms with van der Waals surface area (Å²) in [6.07, 6.45) is 4.77. The summed E-state index contributed by atoms with van der Waals surface area (Å²) in [4.78, 5) is 24.7. The molecule has 0 fully saturated rings. The van der Waals surface area contributed by atoms with Crippen LogP contribution in [0, 0.1) is 0 Å². The van der Waals surface area contributed by atoms with Crippen LogP contribution in [0.25, 0.3) is 6.08 Å². The molecule has 0 saturated carbocycles. The van der Waals surface area contributed by atoms with Crippen LogP contribution in [-0.2, 0) is 22.7 Å². The lowest BCUT2D eigenvalue weighted by Crippen LogP contribution is -2.23. The minimum Gasteiger partial charge on any atom is -0.493 e. The molecule has 3 aromatic rings. The van der Waals surface area contributed by atoms with Crippen LogP contribution in [0.3, 0.4) is 0 Å². The molecular weight excluding hydrogens is 537 g/mol. The van der Waals surface area contributed by atoms with Crippen molar-refractivity contribution in [1.29, 1.82) is 0 Å². The molecule has 194 valence electrons. The van der Waals surface area contributed by atoms with Crippen molar-refractivity contribution >= 4 is 58.5 Å². The number of hydrogen-bond donors (Lipinski definition) is 2. The predicted molar refractivity (Wildman–Crippen MR) is 146 cm³/mol. The van der Waals surface area contributed by atoms with Gasteiger partial charge in [-0.15, -0.1) is 16.8 Å². The molecule has 0 unspecified atom stereocenters. The van der Waals surface area contributed by atoms with E-state index in [4.69, 9.17) is 32.7 Å². The highest BCUT2D eigenvalue weighted by Crippen LogP contribution is 2.28. The fourth-order valence-electron chi connectivity index (χ4n) is 3.12. The number of ether oxygens (including phenoxy) is 2. The van der Waals surface area contributed by atoms with Gasteiger partial charge in [-0.2, -0.15) is 0 Å². The first-order chi connectivity index (χ1) is 17.8. The van der Waals surface area contributed by atoms with Crippen LogP contribution in [0.2, 0.25) is 10.0 Å². The second kappa shape index (κ2) is 13.7. The Morgan fingerprint density at radius 3 is 2.57 bits per heavy atom. The average molecular weight is 562 g/mol. The second-order valence-corrected chi connectivity index (χ2v) is 9.19. The zero-order valence-electron chi connectivity index (χ0n) is 20.2. The van der Waals surface area contributed by atoms with E-state index in [1.807, 2.05) is 6.07 Å². The van der Waals surface area contributed by atoms with Crippen LogP contribution in [0.1, 0.15) is 11.4 Å². The number of thioether (sulfide) groups is 1. The van der Waals surface area contributed by atoms with E-state index in [0.717, 1.165) is 5.56 Å². The number of aromatic nitrogens is 3. The summed E-state index contributed by atoms with van der Waals surface area (Å²) in [5.41, 5.74) is 1.32. The van der Waals surface area contributed by atoms with Crippen molar-refractivity contribution in [1.82, 2.24) is 20.1 Å². The molecule has 2 N–H and O–H groups in total. The highest BCUT2D eigenvalue weighted by Gasteiger charge is 2.14. The van der Waals surface area contributed by atoms with Crippen molar-refractivity contribution in [2.45, 2.75) is 18.2 Å². The summed E-state index contributed by atoms with van der Waals surface area (Å²) in [5, 5.41) is 15.1. The van der Waals surface area contributed by atoms with Gasteiger partial charge in [-0.25, -0.2) is 0 Å². The maximum Gasteiger partial charge on any atom is 0.244 e. The number of benzene rings is 2. The van der Waals surface area contributed by atoms with E-state index >= 15 is 0 Å². The van der Waals surface area contributed by atoms with Gasteiger partial charge in [-0.1, -0.05) is 47.1 Å². The maximum absolute atomic E-state index is 12.4. The van der Waals surface area contributed by atoms with E-state index in [0.29, 0.717) is 44.8 Å². The van der Waals surface area contributed by atoms with E-state index in [2.05, 4.69) is 27.4 Å². The highest BCUT2D eigenvalue weighted by atomic mass is 35.5. The molecule has 12 heteroatoms. The van der Waals surface area contributed by atoms with Crippen molar-refractivity contribution in [3.05, 3.63) is 76.6 Å². The van der Waals surface area contributed by atoms with Gasteiger partial charge < -0.3 is 24.7 Å². The Balaban J connectivity index is 1.57. The third kappa shape index (κ3) is 8.01. The minimum atomic E-state index is -0.307. The second-order valence-electron chi connectivity index (χ2n) is 7.43. The van der Waals surface area contributed by atoms with Gasteiger partial charge >= 0.3 is 0 Å². The topological polar surface area (TPSA) is 107 Å². The molecule has 0 bridgehead atoms. The number of halogens is 2. The Morgan fingerprint density at radius 1 is 1.08 bits per heavy atom. The smallest absolute Gasteiger partial charge is 0.244 e. The molecule has 2 aromatic carbocycles. The van der Waals surface area contributed by atoms with Crippen LogP contribution in [0.4, 0.5) is 5.69 Å². The van der Waals surface area contributed by atoms with Gasteiger partial charge in [-0.3, -0.25) is 9.59 Å². The standard InChI is InChI=1S/C25H25Cl2N5O4S/c1-4-11-32-22(14-28-23(33)10-6-16-5-9-20(35-2)21(12-16)36-3)30-31-25(32)37-15-24(34)29-17-7-8-18(26)19(27)13-17/h4-10,12-13H,1,11,14-15H2,2-3H3,(H,28,33)(H,29,34)/b10-6+. The van der Waals surface area contributed by atoms with Gasteiger partial charge in [0, 0.05) is 18.3 Å². The summed E-state index contributed by atoms with van der Waals surface area (Å²) < 4.78 is 12.3. The molecule has 0 aliphatic rings. The first kappa shape index (κ1) is 28.1. The van der Waals surface area contributed by atoms with E-state index in [-0.39, 0.29) is 24.1 Å². The number of carbonyl (C=O) groups excluding carboxylic acids is 2. The lowest BCUT2D eigenvalue weighted by molar-refractivity contribution is -0.116. The Kier molecular flexibility index (Phi) is 10.4. The zero-order valence-corrected chi connectivity index (χ0v) is 22.5. The largest absolute Gasteiger partial charge is 0.493 e. The summed E-state index contributed by atoms with van der Waals surface area (Å²) in [5.74, 6) is 1.24. The number of nitrogens with one attached hydrogen (secondary N) is 2. The van der Waals surface area contributed by atoms with Gasteiger partial charge in [0.25, 0.3) is 0 Å². The van der Waals surface area contributed by atoms with Crippen LogP contribution < -0.4 is 20.1 Å². The lowest BCUT2D eigenvalue weighted by atomic mass is 10.2. The minimum absolute atomic E-state index is 0.0932. The van der Waals surface area contributed by atoms with Gasteiger partial charge in [0.2, 0.25) is 11.8 Å². The summed E-state index contributed by atoms with van der Waals surface area (Å²) in [7, 11) is 3.11. The van der Waals surface area contributed by atoms with Crippen molar-refractivity contribution < 1.29 is 19.1 Å². The number of nitrogens with zero attached hydrogens (tertiary/aromatic N) is 3. The summed E-state index contributed by atoms with van der Waals surface area (Å²) >= 11 is 13.1. The first-order valence-corrected chi connectivity index (χ1v) is 12.7. The molecule has 3 rings (SSSR count). The highest BCUT2D eigenvalue weighted by molar-refractivity contribution is 7.99. The molecule has 0 aliphatic carbocycles. The lowest BCUT2D eigenvalue weighted by Gasteiger charge is -2.09. The van der Waals surface area contributed by atoms with Crippen LogP contribution >= 0.6 is 35.0 Å². The van der Waals surface area contributed by atoms with Crippen LogP contribution in [0.5, 0.6) is 11.5 Å². The number of hydrogen-bond acceptors (Lipinski definition) is 7. The number of rotatable bonds is 12. The van der Waals surface area contributed by atoms with Gasteiger partial charge in [-0.05, 0) is 42.0 Å². The third-order valence-corrected chi connectivity index (χ3v) is 6.60. The van der Waals surface area contributed by atoms with Gasteiger partial charge in [0.1, 0.15) is 0 Å². The van der Waals surface area contributed by atoms with Gasteiger partial charge in [0.15, 0.2) is 22.5 Å². The molecule has 0 spiro atoms. The Bertz CT molecular complexity index is 1310. The average Bonchev–Trinajstić information content (AvgIpc) is 3.28. The Labute approximate surface area is 228 Å². The molecule has 1 aromatic heterocycles. The molecule has 0 atom stereocenters. The fraction of sp³-hybridized carbons (Fsp3) is 0.200. The number of methoxy groups -OCH3 is 2. The molecule has 0 saturated heterocycles. The quantitative estimate of drug-likeness (QED) is 0.185. The molecule has 0 aliphatic heterocycles. The Hall–Kier alpha value is -3.47. The third-order valence-electron chi connectivity index (χ3n) is 4.90. The van der Waals surface area contributed by atoms with E-state index < -0.39 is 0 Å². The normalized spacial score (nSPS) is 10.8. The van der Waals surface area contributed by atoms with Crippen LogP contribution in [-0.4, -0.2) is 46.6 Å². The van der Waals surface area contributed by atoms with E-state index in [1.165, 1.54) is 17.8 Å². The van der Waals surface area contributed by atoms with Crippen molar-refractivity contribution in [2.75, 3.05) is 25.3 Å². The molecule has 1 heterocycles. The number of amides is 2. The number of allylic oxidation sites excluding steroid dienone is 1.